The Morgan fingerprint density at radius 3 is 2.67 bits per heavy atom. The second-order valence-electron chi connectivity index (χ2n) is 5.76. The molecule has 7 heteroatoms. The monoisotopic (exact) mass is 382 g/mol. The largest absolute Gasteiger partial charge is 0.496 e. The minimum atomic E-state index is -0.272. The number of carbonyl (C=O) groups excluding carboxylic acids is 1. The van der Waals surface area contributed by atoms with E-state index in [2.05, 4.69) is 20.8 Å². The van der Waals surface area contributed by atoms with E-state index >= 15 is 0 Å². The summed E-state index contributed by atoms with van der Waals surface area (Å²) in [6.45, 7) is 0.476. The van der Waals surface area contributed by atoms with Crippen LogP contribution in [0.3, 0.4) is 0 Å². The molecule has 2 aromatic carbocycles. The number of halogens is 1. The number of rotatable bonds is 7. The molecule has 0 radical (unpaired) electrons. The van der Waals surface area contributed by atoms with E-state index in [4.69, 9.17) is 16.3 Å². The Morgan fingerprint density at radius 1 is 1.07 bits per heavy atom. The number of benzene rings is 2. The molecule has 1 amide bonds. The quantitative estimate of drug-likeness (QED) is 0.649. The second-order valence-corrected chi connectivity index (χ2v) is 6.19. The summed E-state index contributed by atoms with van der Waals surface area (Å²) in [5.74, 6) is 1.07. The molecule has 138 valence electrons. The van der Waals surface area contributed by atoms with E-state index in [0.717, 1.165) is 17.0 Å². The minimum Gasteiger partial charge on any atom is -0.496 e. The molecule has 0 atom stereocenters. The van der Waals surface area contributed by atoms with Gasteiger partial charge in [-0.25, -0.2) is 0 Å². The third kappa shape index (κ3) is 5.18. The van der Waals surface area contributed by atoms with Gasteiger partial charge in [0.15, 0.2) is 11.5 Å². The number of para-hydroxylation sites is 1. The number of carbonyl (C=O) groups is 1. The van der Waals surface area contributed by atoms with Crippen LogP contribution >= 0.6 is 11.6 Å². The molecule has 0 fully saturated rings. The lowest BCUT2D eigenvalue weighted by Gasteiger charge is -2.09. The number of hydrogen-bond donors (Lipinski definition) is 2. The van der Waals surface area contributed by atoms with Gasteiger partial charge in [0.25, 0.3) is 5.91 Å². The minimum absolute atomic E-state index is 0.256. The van der Waals surface area contributed by atoms with Crippen LogP contribution < -0.4 is 15.4 Å². The Morgan fingerprint density at radius 2 is 1.93 bits per heavy atom. The third-order valence-corrected chi connectivity index (χ3v) is 4.10. The van der Waals surface area contributed by atoms with Crippen molar-refractivity contribution in [2.45, 2.75) is 6.42 Å². The first-order chi connectivity index (χ1) is 13.2. The molecule has 0 bridgehead atoms. The van der Waals surface area contributed by atoms with Gasteiger partial charge >= 0.3 is 0 Å². The van der Waals surface area contributed by atoms with Crippen LogP contribution in [0, 0.1) is 0 Å². The third-order valence-electron chi connectivity index (χ3n) is 3.87. The zero-order chi connectivity index (χ0) is 19.1. The van der Waals surface area contributed by atoms with Crippen LogP contribution in [-0.4, -0.2) is 29.8 Å². The fourth-order valence-corrected chi connectivity index (χ4v) is 2.74. The highest BCUT2D eigenvalue weighted by molar-refractivity contribution is 6.30. The van der Waals surface area contributed by atoms with Crippen molar-refractivity contribution in [3.8, 4) is 5.75 Å². The van der Waals surface area contributed by atoms with E-state index in [1.807, 2.05) is 36.4 Å². The van der Waals surface area contributed by atoms with E-state index in [9.17, 15) is 4.79 Å². The van der Waals surface area contributed by atoms with Crippen molar-refractivity contribution in [3.63, 3.8) is 0 Å². The van der Waals surface area contributed by atoms with Gasteiger partial charge in [0.1, 0.15) is 5.75 Å². The molecule has 3 rings (SSSR count). The van der Waals surface area contributed by atoms with Crippen molar-refractivity contribution >= 4 is 29.0 Å². The zero-order valence-electron chi connectivity index (χ0n) is 14.8. The number of nitrogens with zero attached hydrogens (tertiary/aromatic N) is 2. The average molecular weight is 383 g/mol. The van der Waals surface area contributed by atoms with Gasteiger partial charge in [0.2, 0.25) is 0 Å². The van der Waals surface area contributed by atoms with Crippen molar-refractivity contribution in [2.24, 2.45) is 0 Å². The summed E-state index contributed by atoms with van der Waals surface area (Å²) in [7, 11) is 1.63. The lowest BCUT2D eigenvalue weighted by Crippen LogP contribution is -2.26. The summed E-state index contributed by atoms with van der Waals surface area (Å²) in [4.78, 5) is 12.2. The number of anilines is 2. The topological polar surface area (TPSA) is 76.1 Å². The molecule has 27 heavy (non-hydrogen) atoms. The van der Waals surface area contributed by atoms with Crippen LogP contribution in [0.1, 0.15) is 16.1 Å². The van der Waals surface area contributed by atoms with E-state index < -0.39 is 0 Å². The van der Waals surface area contributed by atoms with Gasteiger partial charge < -0.3 is 15.4 Å². The number of amides is 1. The zero-order valence-corrected chi connectivity index (χ0v) is 15.5. The maximum atomic E-state index is 12.2. The van der Waals surface area contributed by atoms with Crippen LogP contribution in [-0.2, 0) is 6.42 Å². The van der Waals surface area contributed by atoms with Crippen molar-refractivity contribution in [2.75, 3.05) is 19.0 Å². The van der Waals surface area contributed by atoms with Gasteiger partial charge in [-0.1, -0.05) is 35.9 Å². The summed E-state index contributed by atoms with van der Waals surface area (Å²) in [5, 5.41) is 14.6. The second kappa shape index (κ2) is 9.00. The van der Waals surface area contributed by atoms with Crippen molar-refractivity contribution in [3.05, 3.63) is 76.9 Å². The van der Waals surface area contributed by atoms with Crippen molar-refractivity contribution in [1.82, 2.24) is 15.5 Å². The lowest BCUT2D eigenvalue weighted by atomic mass is 10.1. The van der Waals surface area contributed by atoms with Gasteiger partial charge in [0.05, 0.1) is 7.11 Å². The first-order valence-electron chi connectivity index (χ1n) is 8.42. The molecular weight excluding hydrogens is 364 g/mol. The number of hydrogen-bond acceptors (Lipinski definition) is 5. The number of aromatic nitrogens is 2. The molecule has 0 aliphatic rings. The Hall–Kier alpha value is -3.12. The van der Waals surface area contributed by atoms with Gasteiger partial charge in [-0.05, 0) is 48.4 Å². The summed E-state index contributed by atoms with van der Waals surface area (Å²) < 4.78 is 5.31. The average Bonchev–Trinajstić information content (AvgIpc) is 2.69. The fraction of sp³-hybridized carbons (Fsp3) is 0.150. The summed E-state index contributed by atoms with van der Waals surface area (Å²) in [5.41, 5.74) is 2.09. The SMILES string of the molecule is COc1ccccc1CCNC(=O)c1ccc(Nc2cccc(Cl)c2)nn1. The summed E-state index contributed by atoms with van der Waals surface area (Å²) >= 11 is 5.95. The Labute approximate surface area is 162 Å². The molecule has 0 spiro atoms. The highest BCUT2D eigenvalue weighted by atomic mass is 35.5. The summed E-state index contributed by atoms with van der Waals surface area (Å²) in [6.07, 6.45) is 0.664. The predicted molar refractivity (Wildman–Crippen MR) is 106 cm³/mol. The molecule has 0 aliphatic heterocycles. The maximum absolute atomic E-state index is 12.2. The van der Waals surface area contributed by atoms with Crippen LogP contribution in [0.4, 0.5) is 11.5 Å². The van der Waals surface area contributed by atoms with Crippen LogP contribution in [0.15, 0.2) is 60.7 Å². The molecule has 2 N–H and O–H groups in total. The molecule has 0 saturated carbocycles. The Balaban J connectivity index is 1.54. The normalized spacial score (nSPS) is 10.3. The molecule has 6 nitrogen and oxygen atoms in total. The smallest absolute Gasteiger partial charge is 0.271 e. The lowest BCUT2D eigenvalue weighted by molar-refractivity contribution is 0.0948. The number of methoxy groups -OCH3 is 1. The molecule has 0 unspecified atom stereocenters. The van der Waals surface area contributed by atoms with Gasteiger partial charge in [-0.3, -0.25) is 4.79 Å². The highest BCUT2D eigenvalue weighted by Crippen LogP contribution is 2.19. The molecular formula is C20H19ClN4O2. The Bertz CT molecular complexity index is 916. The van der Waals surface area contributed by atoms with Crippen LogP contribution in [0.2, 0.25) is 5.02 Å². The molecule has 0 saturated heterocycles. The van der Waals surface area contributed by atoms with Gasteiger partial charge in [0, 0.05) is 17.3 Å². The van der Waals surface area contributed by atoms with E-state index in [-0.39, 0.29) is 11.6 Å². The summed E-state index contributed by atoms with van der Waals surface area (Å²) in [6, 6.07) is 18.3. The first-order valence-corrected chi connectivity index (χ1v) is 8.80. The van der Waals surface area contributed by atoms with Gasteiger partial charge in [-0.15, -0.1) is 10.2 Å². The predicted octanol–water partition coefficient (Wildman–Crippen LogP) is 3.85. The van der Waals surface area contributed by atoms with E-state index in [0.29, 0.717) is 23.8 Å². The molecule has 1 aromatic heterocycles. The Kier molecular flexibility index (Phi) is 6.22. The molecule has 3 aromatic rings. The van der Waals surface area contributed by atoms with Crippen LogP contribution in [0.5, 0.6) is 5.75 Å². The standard InChI is InChI=1S/C20H19ClN4O2/c1-27-18-8-3-2-5-14(18)11-12-22-20(26)17-9-10-19(25-24-17)23-16-7-4-6-15(21)13-16/h2-10,13H,11-12H2,1H3,(H,22,26)(H,23,25). The van der Waals surface area contributed by atoms with E-state index in [1.54, 1.807) is 31.4 Å². The van der Waals surface area contributed by atoms with Crippen LogP contribution in [0.25, 0.3) is 0 Å². The van der Waals surface area contributed by atoms with Crippen molar-refractivity contribution in [1.29, 1.82) is 0 Å². The number of nitrogens with one attached hydrogen (secondary N) is 2. The van der Waals surface area contributed by atoms with Crippen molar-refractivity contribution < 1.29 is 9.53 Å². The molecule has 0 aliphatic carbocycles. The molecule has 1 heterocycles. The maximum Gasteiger partial charge on any atom is 0.271 e. The van der Waals surface area contributed by atoms with Gasteiger partial charge in [-0.2, -0.15) is 0 Å². The highest BCUT2D eigenvalue weighted by Gasteiger charge is 2.09. The van der Waals surface area contributed by atoms with E-state index in [1.165, 1.54) is 0 Å². The first kappa shape index (κ1) is 18.7. The fourth-order valence-electron chi connectivity index (χ4n) is 2.54. The number of ether oxygens (including phenoxy) is 1.